The summed E-state index contributed by atoms with van der Waals surface area (Å²) >= 11 is 0. The van der Waals surface area contributed by atoms with Crippen molar-refractivity contribution in [2.75, 3.05) is 13.1 Å². The van der Waals surface area contributed by atoms with Gasteiger partial charge >= 0.3 is 0 Å². The van der Waals surface area contributed by atoms with Gasteiger partial charge in [-0.25, -0.2) is 0 Å². The first-order chi connectivity index (χ1) is 7.40. The Hall–Kier alpha value is -1.30. The van der Waals surface area contributed by atoms with Gasteiger partial charge in [0.25, 0.3) is 0 Å². The number of nitrogens with one attached hydrogen (secondary N) is 1. The molecule has 1 heterocycles. The second-order valence-electron chi connectivity index (χ2n) is 3.56. The summed E-state index contributed by atoms with van der Waals surface area (Å²) in [7, 11) is 0. The molecule has 0 aromatic heterocycles. The van der Waals surface area contributed by atoms with Crippen molar-refractivity contribution in [2.24, 2.45) is 0 Å². The van der Waals surface area contributed by atoms with Crippen LogP contribution < -0.4 is 5.32 Å². The summed E-state index contributed by atoms with van der Waals surface area (Å²) in [4.78, 5) is 0. The Labute approximate surface area is 90.6 Å². The van der Waals surface area contributed by atoms with Gasteiger partial charge in [-0.1, -0.05) is 24.8 Å². The number of benzene rings is 1. The van der Waals surface area contributed by atoms with Crippen LogP contribution in [0.1, 0.15) is 23.6 Å². The maximum absolute atomic E-state index is 5.35. The summed E-state index contributed by atoms with van der Waals surface area (Å²) in [5, 5.41) is 3.17. The third kappa shape index (κ3) is 2.59. The molecule has 0 saturated heterocycles. The van der Waals surface area contributed by atoms with Crippen LogP contribution in [-0.4, -0.2) is 13.1 Å². The highest BCUT2D eigenvalue weighted by Gasteiger charge is 2.09. The molecule has 0 fully saturated rings. The van der Waals surface area contributed by atoms with E-state index < -0.39 is 0 Å². The molecule has 1 N–H and O–H groups in total. The van der Waals surface area contributed by atoms with Gasteiger partial charge in [-0.3, -0.25) is 0 Å². The van der Waals surface area contributed by atoms with Crippen LogP contribution in [0.3, 0.4) is 0 Å². The first-order valence-electron chi connectivity index (χ1n) is 5.29. The van der Waals surface area contributed by atoms with E-state index in [1.54, 1.807) is 0 Å². The molecule has 0 spiro atoms. The van der Waals surface area contributed by atoms with Crippen LogP contribution in [0.4, 0.5) is 0 Å². The van der Waals surface area contributed by atoms with Gasteiger partial charge in [-0.2, -0.15) is 0 Å². The summed E-state index contributed by atoms with van der Waals surface area (Å²) in [6, 6.07) is 6.30. The number of ether oxygens (including phenoxy) is 1. The minimum Gasteiger partial charge on any atom is -0.372 e. The molecule has 0 unspecified atom stereocenters. The van der Waals surface area contributed by atoms with Gasteiger partial charge in [0.2, 0.25) is 0 Å². The second kappa shape index (κ2) is 4.97. The maximum atomic E-state index is 5.35. The highest BCUT2D eigenvalue weighted by atomic mass is 16.5. The first kappa shape index (κ1) is 10.2. The number of hydrogen-bond acceptors (Lipinski definition) is 2. The predicted molar refractivity (Wildman–Crippen MR) is 60.4 cm³/mol. The normalized spacial score (nSPS) is 13.1. The zero-order valence-corrected chi connectivity index (χ0v) is 8.97. The largest absolute Gasteiger partial charge is 0.372 e. The molecule has 0 radical (unpaired) electrons. The van der Waals surface area contributed by atoms with Crippen molar-refractivity contribution in [2.45, 2.75) is 20.1 Å². The number of rotatable bonds is 2. The van der Waals surface area contributed by atoms with Crippen molar-refractivity contribution in [1.29, 1.82) is 0 Å². The second-order valence-corrected chi connectivity index (χ2v) is 3.56. The predicted octanol–water partition coefficient (Wildman–Crippen LogP) is 1.68. The average molecular weight is 201 g/mol. The van der Waals surface area contributed by atoms with Crippen molar-refractivity contribution < 1.29 is 4.74 Å². The Morgan fingerprint density at radius 1 is 1.33 bits per heavy atom. The standard InChI is InChI=1S/C13H15NO/c1-2-14-7-3-4-11-5-6-12-9-15-10-13(12)8-11/h5-6,8,14H,2,7,9-10H2,1H3. The zero-order chi connectivity index (χ0) is 10.5. The Bertz CT molecular complexity index is 401. The molecule has 2 nitrogen and oxygen atoms in total. The van der Waals surface area contributed by atoms with E-state index in [1.807, 2.05) is 0 Å². The van der Waals surface area contributed by atoms with E-state index in [1.165, 1.54) is 11.1 Å². The minimum absolute atomic E-state index is 0.734. The smallest absolute Gasteiger partial charge is 0.0725 e. The monoisotopic (exact) mass is 201 g/mol. The molecule has 78 valence electrons. The molecular formula is C13H15NO. The van der Waals surface area contributed by atoms with E-state index in [4.69, 9.17) is 4.74 Å². The highest BCUT2D eigenvalue weighted by Crippen LogP contribution is 2.20. The van der Waals surface area contributed by atoms with Gasteiger partial charge in [0, 0.05) is 5.56 Å². The van der Waals surface area contributed by atoms with Crippen molar-refractivity contribution in [3.05, 3.63) is 34.9 Å². The molecule has 1 aromatic carbocycles. The lowest BCUT2D eigenvalue weighted by Gasteiger charge is -1.96. The van der Waals surface area contributed by atoms with Crippen LogP contribution in [0, 0.1) is 11.8 Å². The van der Waals surface area contributed by atoms with Crippen LogP contribution in [0.5, 0.6) is 0 Å². The SMILES string of the molecule is CCNCC#Cc1ccc2c(c1)COC2. The molecular weight excluding hydrogens is 186 g/mol. The summed E-state index contributed by atoms with van der Waals surface area (Å²) in [6.07, 6.45) is 0. The fourth-order valence-corrected chi connectivity index (χ4v) is 1.58. The third-order valence-electron chi connectivity index (χ3n) is 2.42. The average Bonchev–Trinajstić information content (AvgIpc) is 2.71. The molecule has 2 rings (SSSR count). The van der Waals surface area contributed by atoms with Crippen molar-refractivity contribution in [3.63, 3.8) is 0 Å². The molecule has 15 heavy (non-hydrogen) atoms. The lowest BCUT2D eigenvalue weighted by molar-refractivity contribution is 0.134. The van der Waals surface area contributed by atoms with Crippen LogP contribution in [0.25, 0.3) is 0 Å². The van der Waals surface area contributed by atoms with Crippen LogP contribution in [0.15, 0.2) is 18.2 Å². The lowest BCUT2D eigenvalue weighted by Crippen LogP contribution is -2.11. The molecule has 1 aliphatic heterocycles. The summed E-state index contributed by atoms with van der Waals surface area (Å²) in [5.74, 6) is 6.23. The van der Waals surface area contributed by atoms with Gasteiger partial charge in [-0.15, -0.1) is 0 Å². The summed E-state index contributed by atoms with van der Waals surface area (Å²) in [6.45, 7) is 5.28. The minimum atomic E-state index is 0.734. The summed E-state index contributed by atoms with van der Waals surface area (Å²) in [5.41, 5.74) is 3.66. The Balaban J connectivity index is 2.05. The molecule has 0 aliphatic carbocycles. The van der Waals surface area contributed by atoms with E-state index in [-0.39, 0.29) is 0 Å². The Morgan fingerprint density at radius 3 is 3.07 bits per heavy atom. The topological polar surface area (TPSA) is 21.3 Å². The van der Waals surface area contributed by atoms with E-state index in [2.05, 4.69) is 42.3 Å². The van der Waals surface area contributed by atoms with Gasteiger partial charge in [-0.05, 0) is 29.8 Å². The van der Waals surface area contributed by atoms with E-state index in [0.29, 0.717) is 0 Å². The molecule has 0 amide bonds. The lowest BCUT2D eigenvalue weighted by atomic mass is 10.1. The summed E-state index contributed by atoms with van der Waals surface area (Å²) < 4.78 is 5.35. The van der Waals surface area contributed by atoms with Crippen LogP contribution in [0.2, 0.25) is 0 Å². The van der Waals surface area contributed by atoms with Crippen LogP contribution in [-0.2, 0) is 18.0 Å². The van der Waals surface area contributed by atoms with Crippen molar-refractivity contribution in [3.8, 4) is 11.8 Å². The number of fused-ring (bicyclic) bond motifs is 1. The number of hydrogen-bond donors (Lipinski definition) is 1. The van der Waals surface area contributed by atoms with Gasteiger partial charge in [0.1, 0.15) is 0 Å². The molecule has 0 bridgehead atoms. The zero-order valence-electron chi connectivity index (χ0n) is 8.97. The van der Waals surface area contributed by atoms with E-state index in [0.717, 1.165) is 31.9 Å². The Morgan fingerprint density at radius 2 is 2.20 bits per heavy atom. The van der Waals surface area contributed by atoms with Crippen LogP contribution >= 0.6 is 0 Å². The fourth-order valence-electron chi connectivity index (χ4n) is 1.58. The van der Waals surface area contributed by atoms with Gasteiger partial charge < -0.3 is 10.1 Å². The first-order valence-corrected chi connectivity index (χ1v) is 5.29. The molecule has 0 saturated carbocycles. The third-order valence-corrected chi connectivity index (χ3v) is 2.42. The van der Waals surface area contributed by atoms with Gasteiger partial charge in [0.15, 0.2) is 0 Å². The highest BCUT2D eigenvalue weighted by molar-refractivity contribution is 5.41. The van der Waals surface area contributed by atoms with E-state index in [9.17, 15) is 0 Å². The van der Waals surface area contributed by atoms with Crippen molar-refractivity contribution >= 4 is 0 Å². The van der Waals surface area contributed by atoms with E-state index >= 15 is 0 Å². The van der Waals surface area contributed by atoms with Crippen molar-refractivity contribution in [1.82, 2.24) is 5.32 Å². The fraction of sp³-hybridized carbons (Fsp3) is 0.385. The molecule has 1 aliphatic rings. The molecule has 1 aromatic rings. The molecule has 2 heteroatoms. The Kier molecular flexibility index (Phi) is 3.39. The van der Waals surface area contributed by atoms with Gasteiger partial charge in [0.05, 0.1) is 19.8 Å². The molecule has 0 atom stereocenters. The maximum Gasteiger partial charge on any atom is 0.0725 e. The quantitative estimate of drug-likeness (QED) is 0.580.